The van der Waals surface area contributed by atoms with E-state index < -0.39 is 11.0 Å². The van der Waals surface area contributed by atoms with Gasteiger partial charge in [-0.1, -0.05) is 0 Å². The molecule has 0 saturated carbocycles. The van der Waals surface area contributed by atoms with E-state index >= 15 is 0 Å². The van der Waals surface area contributed by atoms with Crippen LogP contribution in [0.1, 0.15) is 27.7 Å². The lowest BCUT2D eigenvalue weighted by Crippen LogP contribution is -2.53. The smallest absolute Gasteiger partial charge is 0.231 e. The van der Waals surface area contributed by atoms with Gasteiger partial charge < -0.3 is 11.1 Å². The molecule has 0 aliphatic heterocycles. The second kappa shape index (κ2) is 5.29. The van der Waals surface area contributed by atoms with Gasteiger partial charge in [-0.25, -0.2) is 9.67 Å². The lowest BCUT2D eigenvalue weighted by molar-refractivity contribution is -0.126. The minimum Gasteiger partial charge on any atom is -0.325 e. The summed E-state index contributed by atoms with van der Waals surface area (Å²) < 4.78 is 1.65. The number of pyridine rings is 1. The number of nitrogens with zero attached hydrogens (tertiary/aromatic N) is 3. The number of hydrogen-bond acceptors (Lipinski definition) is 4. The van der Waals surface area contributed by atoms with Crippen molar-refractivity contribution in [2.75, 3.05) is 5.32 Å². The monoisotopic (exact) mass is 287 g/mol. The predicted molar refractivity (Wildman–Crippen MR) is 82.0 cm³/mol. The van der Waals surface area contributed by atoms with E-state index in [0.717, 1.165) is 0 Å². The number of aromatic nitrogens is 3. The second-order valence-corrected chi connectivity index (χ2v) is 6.16. The maximum atomic E-state index is 12.4. The summed E-state index contributed by atoms with van der Waals surface area (Å²) in [7, 11) is 0. The van der Waals surface area contributed by atoms with Crippen molar-refractivity contribution in [2.45, 2.75) is 33.2 Å². The van der Waals surface area contributed by atoms with Crippen molar-refractivity contribution in [1.82, 2.24) is 14.8 Å². The van der Waals surface area contributed by atoms with Gasteiger partial charge in [-0.3, -0.25) is 4.79 Å². The Balaban J connectivity index is 2.12. The van der Waals surface area contributed by atoms with Gasteiger partial charge in [-0.2, -0.15) is 5.10 Å². The Kier molecular flexibility index (Phi) is 3.82. The van der Waals surface area contributed by atoms with Gasteiger partial charge in [0.15, 0.2) is 5.82 Å². The molecule has 0 spiro atoms. The topological polar surface area (TPSA) is 85.8 Å². The molecule has 6 heteroatoms. The van der Waals surface area contributed by atoms with Crippen molar-refractivity contribution >= 4 is 11.6 Å². The number of amides is 1. The molecule has 0 fully saturated rings. The number of nitrogens with one attached hydrogen (secondary N) is 1. The van der Waals surface area contributed by atoms with Crippen LogP contribution in [-0.2, 0) is 4.79 Å². The van der Waals surface area contributed by atoms with Gasteiger partial charge >= 0.3 is 0 Å². The van der Waals surface area contributed by atoms with Gasteiger partial charge in [-0.05, 0) is 45.9 Å². The predicted octanol–water partition coefficient (Wildman–Crippen LogP) is 1.97. The first-order valence-electron chi connectivity index (χ1n) is 6.78. The van der Waals surface area contributed by atoms with Crippen LogP contribution in [0.25, 0.3) is 5.82 Å². The molecule has 112 valence electrons. The minimum atomic E-state index is -0.701. The van der Waals surface area contributed by atoms with E-state index in [-0.39, 0.29) is 5.91 Å². The first-order valence-corrected chi connectivity index (χ1v) is 6.78. The third kappa shape index (κ3) is 3.11. The van der Waals surface area contributed by atoms with Crippen LogP contribution >= 0.6 is 0 Å². The molecule has 0 aliphatic carbocycles. The lowest BCUT2D eigenvalue weighted by atomic mass is 9.74. The highest BCUT2D eigenvalue weighted by molar-refractivity contribution is 5.95. The summed E-state index contributed by atoms with van der Waals surface area (Å²) in [5.41, 5.74) is 5.37. The van der Waals surface area contributed by atoms with Crippen molar-refractivity contribution in [2.24, 2.45) is 11.1 Å². The number of carbonyl (C=O) groups excluding carboxylic acids is 1. The fourth-order valence-corrected chi connectivity index (χ4v) is 1.58. The molecule has 0 saturated heterocycles. The van der Waals surface area contributed by atoms with E-state index in [4.69, 9.17) is 5.73 Å². The first kappa shape index (κ1) is 15.2. The van der Waals surface area contributed by atoms with Gasteiger partial charge in [0.1, 0.15) is 0 Å². The molecule has 0 radical (unpaired) electrons. The van der Waals surface area contributed by atoms with Crippen molar-refractivity contribution in [3.63, 3.8) is 0 Å². The summed E-state index contributed by atoms with van der Waals surface area (Å²) in [6, 6.07) is 5.41. The zero-order chi connectivity index (χ0) is 15.7. The number of hydrogen-bond donors (Lipinski definition) is 2. The largest absolute Gasteiger partial charge is 0.325 e. The van der Waals surface area contributed by atoms with Crippen LogP contribution in [0.5, 0.6) is 0 Å². The Morgan fingerprint density at radius 2 is 2.00 bits per heavy atom. The van der Waals surface area contributed by atoms with Gasteiger partial charge in [0, 0.05) is 17.9 Å². The number of anilines is 1. The summed E-state index contributed by atoms with van der Waals surface area (Å²) in [4.78, 5) is 16.6. The van der Waals surface area contributed by atoms with E-state index in [2.05, 4.69) is 15.4 Å². The Morgan fingerprint density at radius 1 is 1.29 bits per heavy atom. The molecule has 0 aliphatic rings. The van der Waals surface area contributed by atoms with E-state index in [1.807, 2.05) is 33.8 Å². The van der Waals surface area contributed by atoms with Crippen LogP contribution in [0.4, 0.5) is 5.69 Å². The third-order valence-corrected chi connectivity index (χ3v) is 3.92. The van der Waals surface area contributed by atoms with E-state index in [0.29, 0.717) is 11.5 Å². The quantitative estimate of drug-likeness (QED) is 0.900. The van der Waals surface area contributed by atoms with Crippen molar-refractivity contribution < 1.29 is 4.79 Å². The van der Waals surface area contributed by atoms with Crippen LogP contribution in [-0.4, -0.2) is 26.2 Å². The van der Waals surface area contributed by atoms with Gasteiger partial charge in [-0.15, -0.1) is 0 Å². The molecular weight excluding hydrogens is 266 g/mol. The standard InChI is InChI=1S/C15H21N5O/c1-14(2,15(3,4)16)13(21)19-11-6-7-12(17-10-11)20-9-5-8-18-20/h5-10H,16H2,1-4H3,(H,19,21). The molecule has 2 aromatic rings. The SMILES string of the molecule is CC(C)(N)C(C)(C)C(=O)Nc1ccc(-n2cccn2)nc1. The Labute approximate surface area is 124 Å². The van der Waals surface area contributed by atoms with E-state index in [1.165, 1.54) is 0 Å². The lowest BCUT2D eigenvalue weighted by Gasteiger charge is -2.36. The third-order valence-electron chi connectivity index (χ3n) is 3.92. The van der Waals surface area contributed by atoms with Crippen molar-refractivity contribution in [3.8, 4) is 5.82 Å². The summed E-state index contributed by atoms with van der Waals surface area (Å²) in [5, 5.41) is 6.95. The summed E-state index contributed by atoms with van der Waals surface area (Å²) >= 11 is 0. The zero-order valence-electron chi connectivity index (χ0n) is 12.8. The van der Waals surface area contributed by atoms with Gasteiger partial charge in [0.05, 0.1) is 17.3 Å². The first-order chi connectivity index (χ1) is 9.72. The molecule has 2 aromatic heterocycles. The van der Waals surface area contributed by atoms with E-state index in [1.54, 1.807) is 35.4 Å². The van der Waals surface area contributed by atoms with Crippen LogP contribution in [0.15, 0.2) is 36.8 Å². The zero-order valence-corrected chi connectivity index (χ0v) is 12.8. The van der Waals surface area contributed by atoms with Crippen molar-refractivity contribution in [3.05, 3.63) is 36.8 Å². The maximum Gasteiger partial charge on any atom is 0.231 e. The number of carbonyl (C=O) groups is 1. The number of nitrogens with two attached hydrogens (primary N) is 1. The highest BCUT2D eigenvalue weighted by Gasteiger charge is 2.40. The Hall–Kier alpha value is -2.21. The highest BCUT2D eigenvalue weighted by Crippen LogP contribution is 2.29. The molecule has 21 heavy (non-hydrogen) atoms. The molecule has 1 amide bonds. The molecule has 0 atom stereocenters. The van der Waals surface area contributed by atoms with Crippen molar-refractivity contribution in [1.29, 1.82) is 0 Å². The van der Waals surface area contributed by atoms with Gasteiger partial charge in [0.2, 0.25) is 5.91 Å². The molecule has 3 N–H and O–H groups in total. The fourth-order valence-electron chi connectivity index (χ4n) is 1.58. The molecule has 2 rings (SSSR count). The maximum absolute atomic E-state index is 12.4. The summed E-state index contributed by atoms with van der Waals surface area (Å²) in [6.45, 7) is 7.33. The van der Waals surface area contributed by atoms with Crippen LogP contribution in [0.3, 0.4) is 0 Å². The molecular formula is C15H21N5O. The van der Waals surface area contributed by atoms with E-state index in [9.17, 15) is 4.79 Å². The molecule has 6 nitrogen and oxygen atoms in total. The fraction of sp³-hybridized carbons (Fsp3) is 0.400. The average molecular weight is 287 g/mol. The molecule has 2 heterocycles. The number of rotatable bonds is 4. The van der Waals surface area contributed by atoms with Crippen LogP contribution in [0.2, 0.25) is 0 Å². The molecule has 0 bridgehead atoms. The highest BCUT2D eigenvalue weighted by atomic mass is 16.2. The molecule has 0 unspecified atom stereocenters. The Bertz CT molecular complexity index is 609. The second-order valence-electron chi connectivity index (χ2n) is 6.16. The van der Waals surface area contributed by atoms with Crippen LogP contribution in [0, 0.1) is 5.41 Å². The summed E-state index contributed by atoms with van der Waals surface area (Å²) in [5.74, 6) is 0.556. The summed E-state index contributed by atoms with van der Waals surface area (Å²) in [6.07, 6.45) is 5.10. The molecule has 0 aromatic carbocycles. The van der Waals surface area contributed by atoms with Gasteiger partial charge in [0.25, 0.3) is 0 Å². The average Bonchev–Trinajstić information content (AvgIpc) is 2.92. The Morgan fingerprint density at radius 3 is 2.48 bits per heavy atom. The van der Waals surface area contributed by atoms with Crippen LogP contribution < -0.4 is 11.1 Å². The minimum absolute atomic E-state index is 0.136. The normalized spacial score (nSPS) is 12.2.